The normalized spacial score (nSPS) is 15.6. The maximum absolute atomic E-state index is 11.7. The lowest BCUT2D eigenvalue weighted by atomic mass is 10.1. The highest BCUT2D eigenvalue weighted by molar-refractivity contribution is 5.87. The van der Waals surface area contributed by atoms with Crippen molar-refractivity contribution in [1.29, 1.82) is 0 Å². The number of nitrogens with two attached hydrogens (primary N) is 1. The molecule has 1 aromatic rings. The molecule has 1 unspecified atom stereocenters. The van der Waals surface area contributed by atoms with Crippen LogP contribution in [0, 0.1) is 0 Å². The van der Waals surface area contributed by atoms with Crippen LogP contribution in [0.2, 0.25) is 0 Å². The van der Waals surface area contributed by atoms with Crippen molar-refractivity contribution in [2.75, 3.05) is 6.54 Å². The Bertz CT molecular complexity index is 443. The quantitative estimate of drug-likeness (QED) is 0.671. The van der Waals surface area contributed by atoms with E-state index < -0.39 is 6.04 Å². The monoisotopic (exact) mass is 261 g/mol. The van der Waals surface area contributed by atoms with Crippen molar-refractivity contribution in [1.82, 2.24) is 10.6 Å². The van der Waals surface area contributed by atoms with Crippen LogP contribution in [0.4, 0.5) is 0 Å². The molecule has 0 heterocycles. The minimum Gasteiger partial charge on any atom is -0.352 e. The molecule has 4 N–H and O–H groups in total. The molecule has 1 atom stereocenters. The van der Waals surface area contributed by atoms with Crippen molar-refractivity contribution in [3.8, 4) is 0 Å². The number of hydrogen-bond acceptors (Lipinski definition) is 3. The van der Waals surface area contributed by atoms with Crippen LogP contribution < -0.4 is 16.4 Å². The fourth-order valence-electron chi connectivity index (χ4n) is 1.77. The second kappa shape index (κ2) is 6.33. The van der Waals surface area contributed by atoms with Gasteiger partial charge in [0, 0.05) is 6.04 Å². The summed E-state index contributed by atoms with van der Waals surface area (Å²) in [6, 6.07) is 9.25. The average molecular weight is 261 g/mol. The van der Waals surface area contributed by atoms with E-state index >= 15 is 0 Å². The molecule has 2 rings (SSSR count). The van der Waals surface area contributed by atoms with Gasteiger partial charge in [-0.2, -0.15) is 0 Å². The van der Waals surface area contributed by atoms with Gasteiger partial charge in [-0.3, -0.25) is 9.59 Å². The Hall–Kier alpha value is -1.88. The molecule has 1 saturated carbocycles. The molecule has 0 spiro atoms. The van der Waals surface area contributed by atoms with E-state index in [1.54, 1.807) is 0 Å². The van der Waals surface area contributed by atoms with Crippen molar-refractivity contribution in [2.45, 2.75) is 31.3 Å². The fourth-order valence-corrected chi connectivity index (χ4v) is 1.77. The molecule has 1 aromatic carbocycles. The summed E-state index contributed by atoms with van der Waals surface area (Å²) in [5, 5.41) is 5.36. The Morgan fingerprint density at radius 3 is 2.58 bits per heavy atom. The predicted molar refractivity (Wildman–Crippen MR) is 72.3 cm³/mol. The van der Waals surface area contributed by atoms with E-state index in [9.17, 15) is 9.59 Å². The molecule has 1 aliphatic rings. The van der Waals surface area contributed by atoms with Gasteiger partial charge in [-0.25, -0.2) is 0 Å². The van der Waals surface area contributed by atoms with Gasteiger partial charge in [0.2, 0.25) is 11.8 Å². The van der Waals surface area contributed by atoms with E-state index in [-0.39, 0.29) is 18.4 Å². The molecular weight excluding hydrogens is 242 g/mol. The van der Waals surface area contributed by atoms with E-state index in [1.165, 1.54) is 0 Å². The molecule has 0 bridgehead atoms. The standard InChI is InChI=1S/C14H19N3O2/c15-12(8-10-4-2-1-3-5-10)14(19)16-9-13(18)17-11-6-7-11/h1-5,11-12H,6-9,15H2,(H,16,19)(H,17,18). The second-order valence-corrected chi connectivity index (χ2v) is 4.86. The Balaban J connectivity index is 1.71. The minimum atomic E-state index is -0.629. The lowest BCUT2D eigenvalue weighted by molar-refractivity contribution is -0.126. The summed E-state index contributed by atoms with van der Waals surface area (Å²) in [7, 11) is 0. The molecule has 0 radical (unpaired) electrons. The van der Waals surface area contributed by atoms with Gasteiger partial charge in [0.25, 0.3) is 0 Å². The summed E-state index contributed by atoms with van der Waals surface area (Å²) in [4.78, 5) is 23.1. The summed E-state index contributed by atoms with van der Waals surface area (Å²) in [5.74, 6) is -0.447. The number of rotatable bonds is 6. The van der Waals surface area contributed by atoms with Gasteiger partial charge in [0.05, 0.1) is 12.6 Å². The first kappa shape index (κ1) is 13.5. The van der Waals surface area contributed by atoms with E-state index in [1.807, 2.05) is 30.3 Å². The summed E-state index contributed by atoms with van der Waals surface area (Å²) >= 11 is 0. The maximum Gasteiger partial charge on any atom is 0.239 e. The highest BCUT2D eigenvalue weighted by atomic mass is 16.2. The fraction of sp³-hybridized carbons (Fsp3) is 0.429. The van der Waals surface area contributed by atoms with Gasteiger partial charge < -0.3 is 16.4 Å². The third kappa shape index (κ3) is 4.71. The van der Waals surface area contributed by atoms with Gasteiger partial charge in [-0.15, -0.1) is 0 Å². The smallest absolute Gasteiger partial charge is 0.239 e. The number of amides is 2. The van der Waals surface area contributed by atoms with Crippen LogP contribution in [0.3, 0.4) is 0 Å². The van der Waals surface area contributed by atoms with Gasteiger partial charge in [-0.1, -0.05) is 30.3 Å². The number of carbonyl (C=O) groups is 2. The lowest BCUT2D eigenvalue weighted by Crippen LogP contribution is -2.46. The molecule has 1 fully saturated rings. The van der Waals surface area contributed by atoms with E-state index in [0.717, 1.165) is 18.4 Å². The van der Waals surface area contributed by atoms with E-state index in [0.29, 0.717) is 12.5 Å². The van der Waals surface area contributed by atoms with Crippen LogP contribution in [-0.2, 0) is 16.0 Å². The SMILES string of the molecule is NC(Cc1ccccc1)C(=O)NCC(=O)NC1CC1. The zero-order valence-electron chi connectivity index (χ0n) is 10.8. The maximum atomic E-state index is 11.7. The number of nitrogens with one attached hydrogen (secondary N) is 2. The van der Waals surface area contributed by atoms with Crippen molar-refractivity contribution in [3.63, 3.8) is 0 Å². The molecule has 0 aromatic heterocycles. The van der Waals surface area contributed by atoms with Crippen LogP contribution >= 0.6 is 0 Å². The van der Waals surface area contributed by atoms with Gasteiger partial charge in [0.15, 0.2) is 0 Å². The topological polar surface area (TPSA) is 84.2 Å². The molecular formula is C14H19N3O2. The summed E-state index contributed by atoms with van der Waals surface area (Å²) < 4.78 is 0. The van der Waals surface area contributed by atoms with Crippen molar-refractivity contribution >= 4 is 11.8 Å². The van der Waals surface area contributed by atoms with Crippen LogP contribution in [0.5, 0.6) is 0 Å². The first-order valence-corrected chi connectivity index (χ1v) is 6.52. The van der Waals surface area contributed by atoms with Crippen LogP contribution in [0.15, 0.2) is 30.3 Å². The summed E-state index contributed by atoms with van der Waals surface area (Å²) in [5.41, 5.74) is 6.81. The molecule has 0 saturated heterocycles. The molecule has 102 valence electrons. The van der Waals surface area contributed by atoms with E-state index in [4.69, 9.17) is 5.73 Å². The highest BCUT2D eigenvalue weighted by Crippen LogP contribution is 2.18. The number of carbonyl (C=O) groups excluding carboxylic acids is 2. The summed E-state index contributed by atoms with van der Waals surface area (Å²) in [6.45, 7) is -0.00216. The molecule has 5 heteroatoms. The van der Waals surface area contributed by atoms with Crippen LogP contribution in [-0.4, -0.2) is 30.4 Å². The van der Waals surface area contributed by atoms with E-state index in [2.05, 4.69) is 10.6 Å². The average Bonchev–Trinajstić information content (AvgIpc) is 3.21. The highest BCUT2D eigenvalue weighted by Gasteiger charge is 2.23. The Kier molecular flexibility index (Phi) is 4.52. The van der Waals surface area contributed by atoms with Gasteiger partial charge >= 0.3 is 0 Å². The number of hydrogen-bond donors (Lipinski definition) is 3. The predicted octanol–water partition coefficient (Wildman–Crippen LogP) is -0.0488. The summed E-state index contributed by atoms with van der Waals surface area (Å²) in [6.07, 6.45) is 2.54. The molecule has 2 amide bonds. The first-order chi connectivity index (χ1) is 9.15. The van der Waals surface area contributed by atoms with Gasteiger partial charge in [-0.05, 0) is 24.8 Å². The third-order valence-electron chi connectivity index (χ3n) is 3.00. The molecule has 0 aliphatic heterocycles. The Labute approximate surface area is 112 Å². The van der Waals surface area contributed by atoms with Crippen molar-refractivity contribution in [3.05, 3.63) is 35.9 Å². The molecule has 1 aliphatic carbocycles. The molecule has 19 heavy (non-hydrogen) atoms. The Morgan fingerprint density at radius 1 is 1.26 bits per heavy atom. The van der Waals surface area contributed by atoms with Crippen LogP contribution in [0.1, 0.15) is 18.4 Å². The van der Waals surface area contributed by atoms with Crippen molar-refractivity contribution in [2.24, 2.45) is 5.73 Å². The van der Waals surface area contributed by atoms with Crippen molar-refractivity contribution < 1.29 is 9.59 Å². The third-order valence-corrected chi connectivity index (χ3v) is 3.00. The van der Waals surface area contributed by atoms with Gasteiger partial charge in [0.1, 0.15) is 0 Å². The number of benzene rings is 1. The second-order valence-electron chi connectivity index (χ2n) is 4.86. The molecule has 5 nitrogen and oxygen atoms in total. The first-order valence-electron chi connectivity index (χ1n) is 6.52. The Morgan fingerprint density at radius 2 is 1.95 bits per heavy atom. The zero-order chi connectivity index (χ0) is 13.7. The van der Waals surface area contributed by atoms with Crippen LogP contribution in [0.25, 0.3) is 0 Å². The largest absolute Gasteiger partial charge is 0.352 e. The minimum absolute atomic E-state index is 0.00216. The lowest BCUT2D eigenvalue weighted by Gasteiger charge is -2.12. The zero-order valence-corrected chi connectivity index (χ0v) is 10.8.